The number of anilines is 2. The van der Waals surface area contributed by atoms with Gasteiger partial charge in [-0.15, -0.1) is 0 Å². The molecule has 0 saturated carbocycles. The number of sulfonamides is 1. The van der Waals surface area contributed by atoms with Crippen LogP contribution in [0, 0.1) is 0 Å². The third-order valence-corrected chi connectivity index (χ3v) is 8.11. The van der Waals surface area contributed by atoms with Gasteiger partial charge in [-0.1, -0.05) is 42.8 Å². The summed E-state index contributed by atoms with van der Waals surface area (Å²) in [5.41, 5.74) is 2.96. The van der Waals surface area contributed by atoms with Crippen LogP contribution in [0.1, 0.15) is 36.9 Å². The number of nitrogens with zero attached hydrogens (tertiary/aromatic N) is 1. The lowest BCUT2D eigenvalue weighted by atomic mass is 9.92. The average molecular weight is 512 g/mol. The quantitative estimate of drug-likeness (QED) is 0.466. The maximum Gasteiger partial charge on any atom is 0.243 e. The van der Waals surface area contributed by atoms with Crippen molar-refractivity contribution in [1.29, 1.82) is 0 Å². The van der Waals surface area contributed by atoms with Crippen molar-refractivity contribution in [1.82, 2.24) is 4.31 Å². The Hall–Kier alpha value is -3.20. The molecule has 3 aromatic rings. The molecule has 4 rings (SSSR count). The van der Waals surface area contributed by atoms with Crippen molar-refractivity contribution in [3.8, 4) is 0 Å². The summed E-state index contributed by atoms with van der Waals surface area (Å²) in [6.07, 6.45) is 0.839. The van der Waals surface area contributed by atoms with E-state index in [2.05, 4.69) is 10.6 Å². The minimum absolute atomic E-state index is 0.0382. The van der Waals surface area contributed by atoms with Crippen LogP contribution in [0.2, 0.25) is 5.02 Å². The first-order valence-corrected chi connectivity index (χ1v) is 13.1. The Morgan fingerprint density at radius 2 is 1.51 bits per heavy atom. The van der Waals surface area contributed by atoms with Crippen molar-refractivity contribution in [2.24, 2.45) is 0 Å². The minimum Gasteiger partial charge on any atom is -0.326 e. The number of rotatable bonds is 7. The van der Waals surface area contributed by atoms with Crippen LogP contribution in [0.25, 0.3) is 0 Å². The molecular formula is C26H26ClN3O4S. The predicted octanol–water partition coefficient (Wildman–Crippen LogP) is 5.01. The first-order valence-electron chi connectivity index (χ1n) is 11.3. The molecule has 9 heteroatoms. The van der Waals surface area contributed by atoms with E-state index in [1.54, 1.807) is 43.3 Å². The van der Waals surface area contributed by atoms with Gasteiger partial charge in [0.25, 0.3) is 0 Å². The number of carbonyl (C=O) groups is 2. The molecule has 2 amide bonds. The molecule has 7 nitrogen and oxygen atoms in total. The van der Waals surface area contributed by atoms with E-state index in [0.29, 0.717) is 29.2 Å². The lowest BCUT2D eigenvalue weighted by Gasteiger charge is -2.36. The van der Waals surface area contributed by atoms with Crippen molar-refractivity contribution in [3.05, 3.63) is 88.9 Å². The van der Waals surface area contributed by atoms with Crippen LogP contribution in [0.3, 0.4) is 0 Å². The van der Waals surface area contributed by atoms with E-state index in [9.17, 15) is 18.0 Å². The van der Waals surface area contributed by atoms with Gasteiger partial charge >= 0.3 is 0 Å². The zero-order valence-electron chi connectivity index (χ0n) is 19.2. The number of nitrogens with one attached hydrogen (secondary N) is 2. The van der Waals surface area contributed by atoms with Crippen LogP contribution in [0.5, 0.6) is 0 Å². The van der Waals surface area contributed by atoms with Crippen molar-refractivity contribution in [2.45, 2.75) is 37.1 Å². The van der Waals surface area contributed by atoms with Gasteiger partial charge in [-0.25, -0.2) is 8.42 Å². The van der Waals surface area contributed by atoms with E-state index in [4.69, 9.17) is 11.6 Å². The summed E-state index contributed by atoms with van der Waals surface area (Å²) in [4.78, 5) is 24.7. The highest BCUT2D eigenvalue weighted by Crippen LogP contribution is 2.36. The summed E-state index contributed by atoms with van der Waals surface area (Å²) in [5, 5.41) is 6.10. The van der Waals surface area contributed by atoms with Gasteiger partial charge in [-0.3, -0.25) is 9.59 Å². The van der Waals surface area contributed by atoms with Crippen LogP contribution in [0.4, 0.5) is 11.4 Å². The van der Waals surface area contributed by atoms with Crippen molar-refractivity contribution < 1.29 is 18.0 Å². The van der Waals surface area contributed by atoms with E-state index in [1.807, 2.05) is 24.3 Å². The zero-order valence-corrected chi connectivity index (χ0v) is 20.8. The predicted molar refractivity (Wildman–Crippen MR) is 137 cm³/mol. The Labute approximate surface area is 210 Å². The Morgan fingerprint density at radius 1 is 0.914 bits per heavy atom. The number of hydrogen-bond donors (Lipinski definition) is 2. The molecule has 0 saturated heterocycles. The summed E-state index contributed by atoms with van der Waals surface area (Å²) < 4.78 is 28.7. The highest BCUT2D eigenvalue weighted by molar-refractivity contribution is 7.89. The fourth-order valence-corrected chi connectivity index (χ4v) is 5.88. The maximum atomic E-state index is 13.7. The Kier molecular flexibility index (Phi) is 7.54. The Balaban J connectivity index is 1.61. The fourth-order valence-electron chi connectivity index (χ4n) is 4.14. The SMILES string of the molecule is CCC(=O)Nc1ccc(S(=O)(=O)N2CCc3ccccc3C2CC(=O)Nc2ccc(Cl)cc2)cc1. The molecule has 3 aromatic carbocycles. The molecule has 0 aliphatic carbocycles. The minimum atomic E-state index is -3.91. The smallest absolute Gasteiger partial charge is 0.243 e. The lowest BCUT2D eigenvalue weighted by molar-refractivity contribution is -0.117. The summed E-state index contributed by atoms with van der Waals surface area (Å²) in [6.45, 7) is 2.00. The van der Waals surface area contributed by atoms with Gasteiger partial charge in [0.1, 0.15) is 0 Å². The summed E-state index contributed by atoms with van der Waals surface area (Å²) in [5.74, 6) is -0.452. The highest BCUT2D eigenvalue weighted by Gasteiger charge is 2.37. The number of amides is 2. The molecule has 0 bridgehead atoms. The van der Waals surface area contributed by atoms with Gasteiger partial charge in [0.2, 0.25) is 21.8 Å². The number of halogens is 1. The second kappa shape index (κ2) is 10.6. The standard InChI is InChI=1S/C26H26ClN3O4S/c1-2-25(31)28-21-11-13-22(14-12-21)35(33,34)30-16-15-18-5-3-4-6-23(18)24(30)17-26(32)29-20-9-7-19(27)8-10-20/h3-14,24H,2,15-17H2,1H3,(H,28,31)(H,29,32). The van der Waals surface area contributed by atoms with E-state index in [-0.39, 0.29) is 29.7 Å². The lowest BCUT2D eigenvalue weighted by Crippen LogP contribution is -2.41. The Morgan fingerprint density at radius 3 is 2.17 bits per heavy atom. The molecule has 1 atom stereocenters. The van der Waals surface area contributed by atoms with Crippen LogP contribution in [-0.2, 0) is 26.0 Å². The molecule has 0 radical (unpaired) electrons. The van der Waals surface area contributed by atoms with Gasteiger partial charge in [-0.2, -0.15) is 4.31 Å². The van der Waals surface area contributed by atoms with Gasteiger partial charge in [0.05, 0.1) is 10.9 Å². The summed E-state index contributed by atoms with van der Waals surface area (Å²) >= 11 is 5.92. The number of hydrogen-bond acceptors (Lipinski definition) is 4. The van der Waals surface area contributed by atoms with Crippen LogP contribution >= 0.6 is 11.6 Å². The third-order valence-electron chi connectivity index (χ3n) is 5.94. The normalized spacial score (nSPS) is 15.8. The van der Waals surface area contributed by atoms with Crippen molar-refractivity contribution in [3.63, 3.8) is 0 Å². The molecular weight excluding hydrogens is 486 g/mol. The first-order chi connectivity index (χ1) is 16.8. The topological polar surface area (TPSA) is 95.6 Å². The first kappa shape index (κ1) is 24.9. The molecule has 0 spiro atoms. The fraction of sp³-hybridized carbons (Fsp3) is 0.231. The van der Waals surface area contributed by atoms with E-state index < -0.39 is 16.1 Å². The van der Waals surface area contributed by atoms with Crippen LogP contribution in [0.15, 0.2) is 77.7 Å². The second-order valence-electron chi connectivity index (χ2n) is 8.27. The Bertz CT molecular complexity index is 1330. The van der Waals surface area contributed by atoms with E-state index >= 15 is 0 Å². The maximum absolute atomic E-state index is 13.7. The highest BCUT2D eigenvalue weighted by atomic mass is 35.5. The summed E-state index contributed by atoms with van der Waals surface area (Å²) in [7, 11) is -3.91. The molecule has 35 heavy (non-hydrogen) atoms. The molecule has 1 aliphatic heterocycles. The van der Waals surface area contributed by atoms with Crippen LogP contribution < -0.4 is 10.6 Å². The van der Waals surface area contributed by atoms with Crippen molar-refractivity contribution in [2.75, 3.05) is 17.2 Å². The third kappa shape index (κ3) is 5.73. The van der Waals surface area contributed by atoms with E-state index in [1.165, 1.54) is 16.4 Å². The average Bonchev–Trinajstić information content (AvgIpc) is 2.85. The molecule has 0 aromatic heterocycles. The molecule has 182 valence electrons. The molecule has 1 unspecified atom stereocenters. The molecule has 1 heterocycles. The van der Waals surface area contributed by atoms with Gasteiger partial charge < -0.3 is 10.6 Å². The largest absolute Gasteiger partial charge is 0.326 e. The second-order valence-corrected chi connectivity index (χ2v) is 10.6. The molecule has 2 N–H and O–H groups in total. The zero-order chi connectivity index (χ0) is 25.0. The van der Waals surface area contributed by atoms with Gasteiger partial charge in [-0.05, 0) is 66.1 Å². The monoisotopic (exact) mass is 511 g/mol. The number of benzene rings is 3. The van der Waals surface area contributed by atoms with Gasteiger partial charge in [0, 0.05) is 35.8 Å². The van der Waals surface area contributed by atoms with Crippen LogP contribution in [-0.4, -0.2) is 31.1 Å². The molecule has 1 aliphatic rings. The molecule has 0 fully saturated rings. The van der Waals surface area contributed by atoms with E-state index in [0.717, 1.165) is 11.1 Å². The number of carbonyl (C=O) groups excluding carboxylic acids is 2. The van der Waals surface area contributed by atoms with Gasteiger partial charge in [0.15, 0.2) is 0 Å². The van der Waals surface area contributed by atoms with Crippen molar-refractivity contribution >= 4 is 44.8 Å². The number of fused-ring (bicyclic) bond motifs is 1. The summed E-state index contributed by atoms with van der Waals surface area (Å²) in [6, 6.07) is 19.8.